The van der Waals surface area contributed by atoms with E-state index in [2.05, 4.69) is 35.6 Å². The number of nitrogens with one attached hydrogen (secondary N) is 1. The molecule has 0 radical (unpaired) electrons. The number of ether oxygens (including phenoxy) is 2. The second-order valence-corrected chi connectivity index (χ2v) is 9.61. The zero-order valence-electron chi connectivity index (χ0n) is 18.2. The minimum absolute atomic E-state index is 0. The minimum atomic E-state index is -0.340. The zero-order valence-corrected chi connectivity index (χ0v) is 19.0. The van der Waals surface area contributed by atoms with Gasteiger partial charge in [-0.3, -0.25) is 14.9 Å². The van der Waals surface area contributed by atoms with Gasteiger partial charge in [0.05, 0.1) is 5.25 Å². The summed E-state index contributed by atoms with van der Waals surface area (Å²) in [6, 6.07) is 24.5. The van der Waals surface area contributed by atoms with Crippen LogP contribution in [0, 0.1) is 0 Å². The Kier molecular flexibility index (Phi) is 8.37. The summed E-state index contributed by atoms with van der Waals surface area (Å²) < 4.78 is 12.1. The summed E-state index contributed by atoms with van der Waals surface area (Å²) in [6.07, 6.45) is 3.42. The van der Waals surface area contributed by atoms with Crippen LogP contribution in [0.2, 0.25) is 0 Å². The Morgan fingerprint density at radius 3 is 2.41 bits per heavy atom. The average Bonchev–Trinajstić information content (AvgIpc) is 3.15. The second-order valence-electron chi connectivity index (χ2n) is 8.43. The van der Waals surface area contributed by atoms with Gasteiger partial charge in [0.2, 0.25) is 5.91 Å². The maximum absolute atomic E-state index is 11.8. The first-order valence-corrected chi connectivity index (χ1v) is 12.1. The van der Waals surface area contributed by atoms with E-state index in [1.165, 1.54) is 11.1 Å². The number of thioether (sulfide) groups is 1. The van der Waals surface area contributed by atoms with Crippen LogP contribution in [0.4, 0.5) is 4.79 Å². The third-order valence-corrected chi connectivity index (χ3v) is 6.96. The molecular weight excluding hydrogens is 457 g/mol. The standard InChI is InChI=1S/C27H25NO4S.Na.H/c29-26-25(33-27(30)28-26)16-20-8-13-24-21(14-20)9-12-23(32-24)15-18-6-10-22(11-7-18)31-17-19-4-2-1-3-5-19;;/h1-8,10-11,13-14,23,25H,9,12,15-17H2,(H,28,29,30);;. The van der Waals surface area contributed by atoms with Gasteiger partial charge in [0.1, 0.15) is 24.2 Å². The summed E-state index contributed by atoms with van der Waals surface area (Å²) in [6.45, 7) is 0.561. The Balaban J connectivity index is 0.00000274. The topological polar surface area (TPSA) is 64.6 Å². The van der Waals surface area contributed by atoms with E-state index in [0.717, 1.165) is 53.7 Å². The summed E-state index contributed by atoms with van der Waals surface area (Å²) in [5, 5.41) is 1.75. The summed E-state index contributed by atoms with van der Waals surface area (Å²) in [4.78, 5) is 23.2. The van der Waals surface area contributed by atoms with Crippen LogP contribution in [0.15, 0.2) is 72.8 Å². The fourth-order valence-electron chi connectivity index (χ4n) is 4.24. The van der Waals surface area contributed by atoms with Gasteiger partial charge in [-0.1, -0.05) is 66.4 Å². The molecule has 2 unspecified atom stereocenters. The molecule has 2 aliphatic heterocycles. The van der Waals surface area contributed by atoms with E-state index in [1.54, 1.807) is 0 Å². The maximum atomic E-state index is 11.8. The van der Waals surface area contributed by atoms with E-state index in [0.29, 0.717) is 13.0 Å². The molecule has 34 heavy (non-hydrogen) atoms. The predicted molar refractivity (Wildman–Crippen MR) is 136 cm³/mol. The van der Waals surface area contributed by atoms with Crippen molar-refractivity contribution in [2.45, 2.75) is 43.6 Å². The number of fused-ring (bicyclic) bond motifs is 1. The fourth-order valence-corrected chi connectivity index (χ4v) is 5.10. The van der Waals surface area contributed by atoms with Crippen LogP contribution in [0.3, 0.4) is 0 Å². The van der Waals surface area contributed by atoms with Gasteiger partial charge >= 0.3 is 29.6 Å². The van der Waals surface area contributed by atoms with Gasteiger partial charge in [-0.25, -0.2) is 0 Å². The fraction of sp³-hybridized carbons (Fsp3) is 0.259. The van der Waals surface area contributed by atoms with Crippen LogP contribution in [-0.4, -0.2) is 52.1 Å². The van der Waals surface area contributed by atoms with Gasteiger partial charge in [0.15, 0.2) is 0 Å². The summed E-state index contributed by atoms with van der Waals surface area (Å²) in [5.41, 5.74) is 4.60. The van der Waals surface area contributed by atoms with Crippen molar-refractivity contribution in [3.63, 3.8) is 0 Å². The molecule has 1 fully saturated rings. The predicted octanol–water partition coefficient (Wildman–Crippen LogP) is 4.45. The van der Waals surface area contributed by atoms with Crippen molar-refractivity contribution < 1.29 is 19.1 Å². The quantitative estimate of drug-likeness (QED) is 0.503. The second kappa shape index (κ2) is 11.5. The molecule has 7 heteroatoms. The van der Waals surface area contributed by atoms with E-state index in [9.17, 15) is 9.59 Å². The number of carbonyl (C=O) groups excluding carboxylic acids is 2. The monoisotopic (exact) mass is 483 g/mol. The van der Waals surface area contributed by atoms with Crippen molar-refractivity contribution >= 4 is 52.5 Å². The van der Waals surface area contributed by atoms with Crippen LogP contribution in [0.25, 0.3) is 0 Å². The first-order valence-electron chi connectivity index (χ1n) is 11.2. The van der Waals surface area contributed by atoms with E-state index < -0.39 is 0 Å². The SMILES string of the molecule is O=C1NC(=O)C(Cc2ccc3c(c2)CCC(Cc2ccc(OCc4ccccc4)cc2)O3)S1.[NaH]. The van der Waals surface area contributed by atoms with Crippen molar-refractivity contribution in [1.29, 1.82) is 0 Å². The van der Waals surface area contributed by atoms with Gasteiger partial charge in [-0.2, -0.15) is 0 Å². The van der Waals surface area contributed by atoms with Crippen molar-refractivity contribution in [2.24, 2.45) is 0 Å². The number of aryl methyl sites for hydroxylation is 1. The molecular formula is C27H26NNaO4S. The van der Waals surface area contributed by atoms with E-state index in [-0.39, 0.29) is 52.1 Å². The molecule has 3 aromatic rings. The van der Waals surface area contributed by atoms with Crippen LogP contribution < -0.4 is 14.8 Å². The zero-order chi connectivity index (χ0) is 22.6. The van der Waals surface area contributed by atoms with Gasteiger partial charge in [0, 0.05) is 6.42 Å². The van der Waals surface area contributed by atoms with Crippen molar-refractivity contribution in [2.75, 3.05) is 0 Å². The molecule has 0 spiro atoms. The molecule has 0 aromatic heterocycles. The number of amides is 2. The van der Waals surface area contributed by atoms with E-state index in [4.69, 9.17) is 9.47 Å². The van der Waals surface area contributed by atoms with Gasteiger partial charge in [-0.15, -0.1) is 0 Å². The molecule has 5 rings (SSSR count). The van der Waals surface area contributed by atoms with E-state index in [1.807, 2.05) is 42.5 Å². The number of hydrogen-bond acceptors (Lipinski definition) is 5. The molecule has 2 heterocycles. The molecule has 2 amide bonds. The number of imide groups is 1. The molecule has 3 aromatic carbocycles. The van der Waals surface area contributed by atoms with Gasteiger partial charge in [0.25, 0.3) is 5.24 Å². The van der Waals surface area contributed by atoms with Crippen LogP contribution in [0.1, 0.15) is 28.7 Å². The summed E-state index contributed by atoms with van der Waals surface area (Å²) in [7, 11) is 0. The molecule has 0 aliphatic carbocycles. The van der Waals surface area contributed by atoms with Crippen LogP contribution in [-0.2, 0) is 30.7 Å². The Labute approximate surface area is 225 Å². The average molecular weight is 484 g/mol. The van der Waals surface area contributed by atoms with Crippen LogP contribution >= 0.6 is 11.8 Å². The molecule has 1 saturated heterocycles. The molecule has 170 valence electrons. The first-order chi connectivity index (χ1) is 16.1. The number of carbonyl (C=O) groups is 2. The Hall–Kier alpha value is -2.25. The molecule has 2 atom stereocenters. The number of hydrogen-bond donors (Lipinski definition) is 1. The molecule has 5 nitrogen and oxygen atoms in total. The van der Waals surface area contributed by atoms with Crippen LogP contribution in [0.5, 0.6) is 11.5 Å². The third-order valence-electron chi connectivity index (χ3n) is 5.98. The number of benzene rings is 3. The van der Waals surface area contributed by atoms with Crippen molar-refractivity contribution in [3.05, 3.63) is 95.1 Å². The van der Waals surface area contributed by atoms with Crippen molar-refractivity contribution in [1.82, 2.24) is 5.32 Å². The first kappa shape index (κ1) is 24.9. The van der Waals surface area contributed by atoms with Crippen molar-refractivity contribution in [3.8, 4) is 11.5 Å². The Morgan fingerprint density at radius 1 is 0.912 bits per heavy atom. The molecule has 0 bridgehead atoms. The van der Waals surface area contributed by atoms with E-state index >= 15 is 0 Å². The third kappa shape index (κ3) is 6.25. The van der Waals surface area contributed by atoms with Gasteiger partial charge < -0.3 is 9.47 Å². The Bertz CT molecular complexity index is 1150. The molecule has 0 saturated carbocycles. The number of rotatable bonds is 7. The summed E-state index contributed by atoms with van der Waals surface area (Å²) in [5.74, 6) is 1.58. The Morgan fingerprint density at radius 2 is 1.68 bits per heavy atom. The normalized spacial score (nSPS) is 18.9. The molecule has 1 N–H and O–H groups in total. The summed E-state index contributed by atoms with van der Waals surface area (Å²) >= 11 is 1.07. The van der Waals surface area contributed by atoms with Gasteiger partial charge in [-0.05, 0) is 59.7 Å². The molecule has 2 aliphatic rings.